The van der Waals surface area contributed by atoms with Gasteiger partial charge in [-0.2, -0.15) is 12.6 Å². The van der Waals surface area contributed by atoms with Gasteiger partial charge < -0.3 is 4.57 Å². The molecule has 0 saturated carbocycles. The quantitative estimate of drug-likeness (QED) is 0.636. The zero-order chi connectivity index (χ0) is 11.5. The number of nitrogens with zero attached hydrogens (tertiary/aromatic N) is 2. The summed E-state index contributed by atoms with van der Waals surface area (Å²) in [6.45, 7) is 5.11. The number of hydrogen-bond donors (Lipinski definition) is 1. The first-order valence-electron chi connectivity index (χ1n) is 5.40. The molecule has 0 aliphatic carbocycles. The largest absolute Gasteiger partial charge is 0.327 e. The maximum atomic E-state index is 4.41. The highest BCUT2D eigenvalue weighted by Crippen LogP contribution is 2.18. The zero-order valence-electron chi connectivity index (χ0n) is 9.64. The normalized spacial score (nSPS) is 11.7. The van der Waals surface area contributed by atoms with Gasteiger partial charge in [-0.3, -0.25) is 0 Å². The third kappa shape index (κ3) is 2.14. The van der Waals surface area contributed by atoms with E-state index in [-0.39, 0.29) is 0 Å². The van der Waals surface area contributed by atoms with Crippen LogP contribution in [0.15, 0.2) is 30.6 Å². The number of allylic oxidation sites excluding steroid dienone is 1. The van der Waals surface area contributed by atoms with Crippen LogP contribution >= 0.6 is 12.6 Å². The van der Waals surface area contributed by atoms with Gasteiger partial charge in [0.25, 0.3) is 0 Å². The lowest BCUT2D eigenvalue weighted by atomic mass is 10.1. The smallest absolute Gasteiger partial charge is 0.0961 e. The van der Waals surface area contributed by atoms with E-state index in [4.69, 9.17) is 0 Å². The lowest BCUT2D eigenvalue weighted by Crippen LogP contribution is -1.93. The van der Waals surface area contributed by atoms with Crippen LogP contribution in [0.4, 0.5) is 0 Å². The Balaban J connectivity index is 2.40. The van der Waals surface area contributed by atoms with Gasteiger partial charge in [0.15, 0.2) is 0 Å². The van der Waals surface area contributed by atoms with Crippen LogP contribution in [0.2, 0.25) is 0 Å². The van der Waals surface area contributed by atoms with Crippen molar-refractivity contribution in [1.29, 1.82) is 0 Å². The average molecular weight is 232 g/mol. The standard InChI is InChI=1S/C13H16N2S/c1-10-7-12-13(8-11(10)2)15(9-14-12)5-3-4-6-16/h3-4,7-9,16H,5-6H2,1-2H3. The van der Waals surface area contributed by atoms with E-state index in [0.29, 0.717) is 0 Å². The Morgan fingerprint density at radius 2 is 2.00 bits per heavy atom. The number of benzene rings is 1. The molecule has 2 aromatic rings. The highest BCUT2D eigenvalue weighted by Gasteiger charge is 2.03. The highest BCUT2D eigenvalue weighted by atomic mass is 32.1. The summed E-state index contributed by atoms with van der Waals surface area (Å²) in [6.07, 6.45) is 6.06. The Kier molecular flexibility index (Phi) is 3.34. The fourth-order valence-electron chi connectivity index (χ4n) is 1.72. The van der Waals surface area contributed by atoms with Gasteiger partial charge in [-0.1, -0.05) is 12.2 Å². The van der Waals surface area contributed by atoms with E-state index in [0.717, 1.165) is 17.8 Å². The Bertz CT molecular complexity index is 526. The van der Waals surface area contributed by atoms with Crippen molar-refractivity contribution >= 4 is 23.7 Å². The first kappa shape index (κ1) is 11.3. The maximum absolute atomic E-state index is 4.41. The van der Waals surface area contributed by atoms with Crippen LogP contribution in [0.5, 0.6) is 0 Å². The molecule has 0 radical (unpaired) electrons. The molecule has 16 heavy (non-hydrogen) atoms. The lowest BCUT2D eigenvalue weighted by molar-refractivity contribution is 0.848. The summed E-state index contributed by atoms with van der Waals surface area (Å²) in [7, 11) is 0. The fourth-order valence-corrected chi connectivity index (χ4v) is 1.87. The summed E-state index contributed by atoms with van der Waals surface area (Å²) in [5.74, 6) is 0.783. The first-order valence-corrected chi connectivity index (χ1v) is 6.03. The molecule has 1 aromatic carbocycles. The summed E-state index contributed by atoms with van der Waals surface area (Å²) >= 11 is 4.14. The summed E-state index contributed by atoms with van der Waals surface area (Å²) in [6, 6.07) is 4.34. The van der Waals surface area contributed by atoms with E-state index >= 15 is 0 Å². The van der Waals surface area contributed by atoms with Crippen molar-refractivity contribution < 1.29 is 0 Å². The Morgan fingerprint density at radius 1 is 1.25 bits per heavy atom. The second-order valence-electron chi connectivity index (χ2n) is 3.98. The maximum Gasteiger partial charge on any atom is 0.0961 e. The molecule has 0 atom stereocenters. The second kappa shape index (κ2) is 4.74. The third-order valence-electron chi connectivity index (χ3n) is 2.81. The summed E-state index contributed by atoms with van der Waals surface area (Å²) in [5.41, 5.74) is 4.88. The van der Waals surface area contributed by atoms with Crippen LogP contribution in [0.1, 0.15) is 11.1 Å². The number of hydrogen-bond acceptors (Lipinski definition) is 2. The number of imidazole rings is 1. The molecular weight excluding hydrogens is 216 g/mol. The topological polar surface area (TPSA) is 17.8 Å². The summed E-state index contributed by atoms with van der Waals surface area (Å²) < 4.78 is 2.15. The number of thiol groups is 1. The number of aryl methyl sites for hydroxylation is 2. The Hall–Kier alpha value is -1.22. The van der Waals surface area contributed by atoms with Crippen molar-refractivity contribution in [1.82, 2.24) is 9.55 Å². The predicted octanol–water partition coefficient (Wildman–Crippen LogP) is 3.14. The van der Waals surface area contributed by atoms with Gasteiger partial charge in [-0.15, -0.1) is 0 Å². The molecule has 0 N–H and O–H groups in total. The van der Waals surface area contributed by atoms with Gasteiger partial charge in [0, 0.05) is 12.3 Å². The van der Waals surface area contributed by atoms with Crippen LogP contribution < -0.4 is 0 Å². The monoisotopic (exact) mass is 232 g/mol. The third-order valence-corrected chi connectivity index (χ3v) is 3.02. The van der Waals surface area contributed by atoms with E-state index in [1.165, 1.54) is 16.6 Å². The van der Waals surface area contributed by atoms with Crippen LogP contribution in [-0.2, 0) is 6.54 Å². The second-order valence-corrected chi connectivity index (χ2v) is 4.34. The van der Waals surface area contributed by atoms with E-state index in [1.54, 1.807) is 0 Å². The molecule has 0 unspecified atom stereocenters. The molecule has 84 valence electrons. The molecule has 0 spiro atoms. The van der Waals surface area contributed by atoms with Gasteiger partial charge >= 0.3 is 0 Å². The number of fused-ring (bicyclic) bond motifs is 1. The average Bonchev–Trinajstić information content (AvgIpc) is 2.63. The van der Waals surface area contributed by atoms with E-state index in [1.807, 2.05) is 6.33 Å². The SMILES string of the molecule is Cc1cc2ncn(CC=CCS)c2cc1C. The van der Waals surface area contributed by atoms with Crippen molar-refractivity contribution in [3.8, 4) is 0 Å². The molecule has 0 amide bonds. The van der Waals surface area contributed by atoms with Crippen molar-refractivity contribution in [2.24, 2.45) is 0 Å². The molecule has 2 rings (SSSR count). The van der Waals surface area contributed by atoms with Gasteiger partial charge in [-0.25, -0.2) is 4.98 Å². The van der Waals surface area contributed by atoms with Gasteiger partial charge in [0.2, 0.25) is 0 Å². The Morgan fingerprint density at radius 3 is 2.75 bits per heavy atom. The number of aromatic nitrogens is 2. The van der Waals surface area contributed by atoms with Gasteiger partial charge in [0.1, 0.15) is 0 Å². The molecular formula is C13H16N2S. The minimum Gasteiger partial charge on any atom is -0.327 e. The van der Waals surface area contributed by atoms with E-state index < -0.39 is 0 Å². The minimum atomic E-state index is 0.783. The van der Waals surface area contributed by atoms with Crippen molar-refractivity contribution in [3.63, 3.8) is 0 Å². The predicted molar refractivity (Wildman–Crippen MR) is 72.2 cm³/mol. The summed E-state index contributed by atoms with van der Waals surface area (Å²) in [4.78, 5) is 4.41. The fraction of sp³-hybridized carbons (Fsp3) is 0.308. The molecule has 0 fully saturated rings. The summed E-state index contributed by atoms with van der Waals surface area (Å²) in [5, 5.41) is 0. The first-order chi connectivity index (χ1) is 7.72. The molecule has 1 heterocycles. The van der Waals surface area contributed by atoms with Crippen molar-refractivity contribution in [2.45, 2.75) is 20.4 Å². The molecule has 1 aromatic heterocycles. The van der Waals surface area contributed by atoms with Crippen LogP contribution in [0.3, 0.4) is 0 Å². The molecule has 0 bridgehead atoms. The van der Waals surface area contributed by atoms with Gasteiger partial charge in [-0.05, 0) is 37.1 Å². The molecule has 0 aliphatic rings. The van der Waals surface area contributed by atoms with Crippen LogP contribution in [0, 0.1) is 13.8 Å². The minimum absolute atomic E-state index is 0.783. The zero-order valence-corrected chi connectivity index (χ0v) is 10.5. The van der Waals surface area contributed by atoms with E-state index in [2.05, 4.69) is 60.3 Å². The van der Waals surface area contributed by atoms with Crippen molar-refractivity contribution in [2.75, 3.05) is 5.75 Å². The number of rotatable bonds is 3. The molecule has 2 nitrogen and oxygen atoms in total. The lowest BCUT2D eigenvalue weighted by Gasteiger charge is -2.03. The molecule has 0 aliphatic heterocycles. The van der Waals surface area contributed by atoms with Crippen LogP contribution in [-0.4, -0.2) is 15.3 Å². The van der Waals surface area contributed by atoms with Crippen molar-refractivity contribution in [3.05, 3.63) is 41.7 Å². The van der Waals surface area contributed by atoms with Gasteiger partial charge in [0.05, 0.1) is 17.4 Å². The molecule has 0 saturated heterocycles. The van der Waals surface area contributed by atoms with E-state index in [9.17, 15) is 0 Å². The Labute approximate surface area is 101 Å². The highest BCUT2D eigenvalue weighted by molar-refractivity contribution is 7.80. The van der Waals surface area contributed by atoms with Crippen LogP contribution in [0.25, 0.3) is 11.0 Å². The molecule has 3 heteroatoms.